The van der Waals surface area contributed by atoms with Gasteiger partial charge in [0.2, 0.25) is 10.0 Å². The third-order valence-corrected chi connectivity index (χ3v) is 7.87. The molecule has 2 aliphatic rings. The molecular weight excluding hydrogens is 460 g/mol. The Morgan fingerprint density at radius 3 is 2.44 bits per heavy atom. The van der Waals surface area contributed by atoms with Crippen molar-refractivity contribution in [1.29, 1.82) is 0 Å². The Morgan fingerprint density at radius 1 is 1.06 bits per heavy atom. The lowest BCUT2D eigenvalue weighted by Crippen LogP contribution is -2.36. The molecule has 1 saturated carbocycles. The van der Waals surface area contributed by atoms with Crippen LogP contribution >= 0.6 is 0 Å². The first-order valence-electron chi connectivity index (χ1n) is 11.4. The Balaban J connectivity index is 1.63. The monoisotopic (exact) mass is 490 g/mol. The molecule has 1 aliphatic heterocycles. The average molecular weight is 491 g/mol. The van der Waals surface area contributed by atoms with Crippen LogP contribution in [0.4, 0.5) is 17.1 Å². The van der Waals surface area contributed by atoms with E-state index in [1.165, 1.54) is 41.8 Å². The summed E-state index contributed by atoms with van der Waals surface area (Å²) in [6.07, 6.45) is 6.01. The maximum Gasteiger partial charge on any atom is 0.274 e. The van der Waals surface area contributed by atoms with Gasteiger partial charge in [-0.2, -0.15) is 0 Å². The standard InChI is InChI=1S/C23H30N4O6S/c28-13-12-27-9-1-2-19(22(27)31)24-21(30)18-4-3-17(25-34(32,33)15-14-29)16-20(18)26-10-7-23(5-6-23)8-11-26/h1-4,9,16,25,28-29H,5-8,10-15H2,(H,24,30). The van der Waals surface area contributed by atoms with Crippen molar-refractivity contribution < 1.29 is 23.4 Å². The number of hydrogen-bond donors (Lipinski definition) is 4. The molecule has 4 rings (SSSR count). The van der Waals surface area contributed by atoms with E-state index in [1.807, 2.05) is 0 Å². The lowest BCUT2D eigenvalue weighted by molar-refractivity contribution is 0.102. The molecule has 1 aliphatic carbocycles. The van der Waals surface area contributed by atoms with Gasteiger partial charge in [0, 0.05) is 25.8 Å². The van der Waals surface area contributed by atoms with E-state index >= 15 is 0 Å². The van der Waals surface area contributed by atoms with E-state index in [1.54, 1.807) is 12.1 Å². The number of nitrogens with one attached hydrogen (secondary N) is 2. The highest BCUT2D eigenvalue weighted by molar-refractivity contribution is 7.92. The molecule has 0 atom stereocenters. The van der Waals surface area contributed by atoms with Gasteiger partial charge < -0.3 is 25.0 Å². The van der Waals surface area contributed by atoms with E-state index in [0.29, 0.717) is 22.4 Å². The predicted molar refractivity (Wildman–Crippen MR) is 130 cm³/mol. The van der Waals surface area contributed by atoms with Gasteiger partial charge in [0.05, 0.1) is 35.9 Å². The number of aliphatic hydroxyl groups is 2. The van der Waals surface area contributed by atoms with Gasteiger partial charge in [0.15, 0.2) is 0 Å². The van der Waals surface area contributed by atoms with Crippen molar-refractivity contribution in [3.63, 3.8) is 0 Å². The van der Waals surface area contributed by atoms with Crippen molar-refractivity contribution in [3.05, 3.63) is 52.4 Å². The molecule has 184 valence electrons. The van der Waals surface area contributed by atoms with E-state index in [4.69, 9.17) is 10.2 Å². The number of aromatic nitrogens is 1. The molecule has 4 N–H and O–H groups in total. The molecular formula is C23H30N4O6S. The van der Waals surface area contributed by atoms with Crippen molar-refractivity contribution in [3.8, 4) is 0 Å². The fourth-order valence-corrected chi connectivity index (χ4v) is 5.23. The number of rotatable bonds is 9. The molecule has 1 aromatic carbocycles. The number of hydrogen-bond acceptors (Lipinski definition) is 7. The number of sulfonamides is 1. The molecule has 0 unspecified atom stereocenters. The van der Waals surface area contributed by atoms with Gasteiger partial charge >= 0.3 is 0 Å². The van der Waals surface area contributed by atoms with E-state index in [9.17, 15) is 18.0 Å². The van der Waals surface area contributed by atoms with Crippen LogP contribution in [0.2, 0.25) is 0 Å². The largest absolute Gasteiger partial charge is 0.395 e. The van der Waals surface area contributed by atoms with Crippen molar-refractivity contribution >= 4 is 33.0 Å². The number of piperidine rings is 1. The molecule has 1 saturated heterocycles. The van der Waals surface area contributed by atoms with Crippen LogP contribution in [0.1, 0.15) is 36.0 Å². The summed E-state index contributed by atoms with van der Waals surface area (Å²) in [6, 6.07) is 7.78. The fourth-order valence-electron chi connectivity index (χ4n) is 4.40. The van der Waals surface area contributed by atoms with Crippen molar-refractivity contribution in [2.24, 2.45) is 5.41 Å². The van der Waals surface area contributed by atoms with Crippen molar-refractivity contribution in [2.45, 2.75) is 32.2 Å². The van der Waals surface area contributed by atoms with Crippen molar-refractivity contribution in [1.82, 2.24) is 4.57 Å². The number of nitrogens with zero attached hydrogens (tertiary/aromatic N) is 2. The topological polar surface area (TPSA) is 141 Å². The maximum atomic E-state index is 13.2. The highest BCUT2D eigenvalue weighted by Crippen LogP contribution is 2.54. The molecule has 2 heterocycles. The lowest BCUT2D eigenvalue weighted by atomic mass is 9.93. The van der Waals surface area contributed by atoms with Crippen LogP contribution in [0.15, 0.2) is 41.3 Å². The second kappa shape index (κ2) is 9.77. The third-order valence-electron chi connectivity index (χ3n) is 6.61. The summed E-state index contributed by atoms with van der Waals surface area (Å²) in [7, 11) is -3.72. The van der Waals surface area contributed by atoms with Crippen LogP contribution in [0.3, 0.4) is 0 Å². The van der Waals surface area contributed by atoms with Gasteiger partial charge in [-0.1, -0.05) is 0 Å². The highest BCUT2D eigenvalue weighted by atomic mass is 32.2. The number of benzene rings is 1. The third kappa shape index (κ3) is 5.43. The van der Waals surface area contributed by atoms with Crippen LogP contribution < -0.4 is 20.5 Å². The number of pyridine rings is 1. The zero-order valence-electron chi connectivity index (χ0n) is 18.9. The van der Waals surface area contributed by atoms with Crippen LogP contribution in [0, 0.1) is 5.41 Å². The number of carbonyl (C=O) groups is 1. The van der Waals surface area contributed by atoms with E-state index in [-0.39, 0.29) is 18.8 Å². The van der Waals surface area contributed by atoms with E-state index in [0.717, 1.165) is 25.9 Å². The summed E-state index contributed by atoms with van der Waals surface area (Å²) in [5, 5.41) is 20.8. The van der Waals surface area contributed by atoms with Crippen LogP contribution in [-0.2, 0) is 16.6 Å². The molecule has 2 fully saturated rings. The van der Waals surface area contributed by atoms with Gasteiger partial charge in [-0.3, -0.25) is 14.3 Å². The molecule has 2 aromatic rings. The Bertz CT molecular complexity index is 1210. The second-order valence-corrected chi connectivity index (χ2v) is 10.8. The number of carbonyl (C=O) groups excluding carboxylic acids is 1. The number of amides is 1. The molecule has 10 nitrogen and oxygen atoms in total. The fraction of sp³-hybridized carbons (Fsp3) is 0.478. The van der Waals surface area contributed by atoms with Gasteiger partial charge in [-0.05, 0) is 61.4 Å². The van der Waals surface area contributed by atoms with E-state index in [2.05, 4.69) is 14.9 Å². The number of anilines is 3. The molecule has 1 spiro atoms. The zero-order chi connectivity index (χ0) is 24.3. The second-order valence-electron chi connectivity index (χ2n) is 8.96. The number of aliphatic hydroxyl groups excluding tert-OH is 2. The maximum absolute atomic E-state index is 13.2. The minimum absolute atomic E-state index is 0.0928. The van der Waals surface area contributed by atoms with Gasteiger partial charge in [-0.25, -0.2) is 8.42 Å². The molecule has 1 amide bonds. The summed E-state index contributed by atoms with van der Waals surface area (Å²) in [4.78, 5) is 27.9. The highest BCUT2D eigenvalue weighted by Gasteiger charge is 2.44. The minimum atomic E-state index is -3.72. The molecule has 1 aromatic heterocycles. The van der Waals surface area contributed by atoms with Gasteiger partial charge in [0.25, 0.3) is 11.5 Å². The van der Waals surface area contributed by atoms with Crippen LogP contribution in [0.25, 0.3) is 0 Å². The average Bonchev–Trinajstić information content (AvgIpc) is 3.55. The van der Waals surface area contributed by atoms with Crippen LogP contribution in [-0.4, -0.2) is 61.2 Å². The van der Waals surface area contributed by atoms with E-state index < -0.39 is 33.8 Å². The first-order chi connectivity index (χ1) is 16.3. The summed E-state index contributed by atoms with van der Waals surface area (Å²) >= 11 is 0. The quantitative estimate of drug-likeness (QED) is 0.414. The first kappa shape index (κ1) is 24.2. The SMILES string of the molecule is O=C(Nc1cccn(CCO)c1=O)c1ccc(NS(=O)(=O)CCO)cc1N1CCC2(CC1)CC2. The predicted octanol–water partition coefficient (Wildman–Crippen LogP) is 1.21. The Morgan fingerprint density at radius 2 is 1.79 bits per heavy atom. The Labute approximate surface area is 198 Å². The Hall–Kier alpha value is -2.89. The molecule has 34 heavy (non-hydrogen) atoms. The van der Waals surface area contributed by atoms with Gasteiger partial charge in [-0.15, -0.1) is 0 Å². The Kier molecular flexibility index (Phi) is 6.96. The normalized spacial score (nSPS) is 16.9. The lowest BCUT2D eigenvalue weighted by Gasteiger charge is -2.35. The summed E-state index contributed by atoms with van der Waals surface area (Å²) in [5.41, 5.74) is 1.30. The minimum Gasteiger partial charge on any atom is -0.395 e. The first-order valence-corrected chi connectivity index (χ1v) is 13.0. The smallest absolute Gasteiger partial charge is 0.274 e. The summed E-state index contributed by atoms with van der Waals surface area (Å²) < 4.78 is 28.1. The summed E-state index contributed by atoms with van der Waals surface area (Å²) in [6.45, 7) is 0.920. The van der Waals surface area contributed by atoms with Gasteiger partial charge in [0.1, 0.15) is 5.69 Å². The molecule has 0 radical (unpaired) electrons. The molecule has 0 bridgehead atoms. The molecule has 11 heteroatoms. The zero-order valence-corrected chi connectivity index (χ0v) is 19.7. The summed E-state index contributed by atoms with van der Waals surface area (Å²) in [5.74, 6) is -0.907. The van der Waals surface area contributed by atoms with Crippen LogP contribution in [0.5, 0.6) is 0 Å². The van der Waals surface area contributed by atoms with Crippen molar-refractivity contribution in [2.75, 3.05) is 47.0 Å².